The molecule has 0 fully saturated rings. The molecular weight excluding hydrogens is 366 g/mol. The van der Waals surface area contributed by atoms with Crippen LogP contribution in [0.15, 0.2) is 60.9 Å². The van der Waals surface area contributed by atoms with Crippen molar-refractivity contribution in [2.75, 3.05) is 13.7 Å². The number of rotatable bonds is 7. The van der Waals surface area contributed by atoms with Crippen molar-refractivity contribution in [2.45, 2.75) is 6.54 Å². The maximum absolute atomic E-state index is 12.0. The Morgan fingerprint density at radius 2 is 1.74 bits per heavy atom. The number of nitrogens with zero attached hydrogens (tertiary/aromatic N) is 2. The average Bonchev–Trinajstić information content (AvgIpc) is 2.72. The molecule has 0 aliphatic rings. The molecule has 138 valence electrons. The molecule has 0 radical (unpaired) electrons. The summed E-state index contributed by atoms with van der Waals surface area (Å²) in [5, 5.41) is 3.39. The van der Waals surface area contributed by atoms with Crippen LogP contribution in [0.25, 0.3) is 11.3 Å². The largest absolute Gasteiger partial charge is 0.497 e. The van der Waals surface area contributed by atoms with Gasteiger partial charge in [-0.15, -0.1) is 0 Å². The number of hydrogen-bond acceptors (Lipinski definition) is 5. The molecule has 1 aromatic heterocycles. The van der Waals surface area contributed by atoms with Crippen LogP contribution in [0.2, 0.25) is 5.02 Å². The molecule has 0 spiro atoms. The Hall–Kier alpha value is -3.12. The van der Waals surface area contributed by atoms with Crippen LogP contribution >= 0.6 is 11.6 Å². The van der Waals surface area contributed by atoms with Gasteiger partial charge in [-0.3, -0.25) is 4.79 Å². The lowest BCUT2D eigenvalue weighted by Gasteiger charge is -2.08. The number of amides is 1. The van der Waals surface area contributed by atoms with Crippen molar-refractivity contribution in [1.29, 1.82) is 0 Å². The summed E-state index contributed by atoms with van der Waals surface area (Å²) in [5.74, 6) is 1.12. The van der Waals surface area contributed by atoms with Crippen molar-refractivity contribution in [3.05, 3.63) is 71.6 Å². The zero-order chi connectivity index (χ0) is 19.1. The van der Waals surface area contributed by atoms with Gasteiger partial charge in [0, 0.05) is 10.6 Å². The van der Waals surface area contributed by atoms with E-state index in [1.165, 1.54) is 6.33 Å². The number of methoxy groups -OCH3 is 1. The maximum Gasteiger partial charge on any atom is 0.258 e. The van der Waals surface area contributed by atoms with Crippen LogP contribution < -0.4 is 14.8 Å². The van der Waals surface area contributed by atoms with Gasteiger partial charge in [-0.05, 0) is 54.6 Å². The van der Waals surface area contributed by atoms with E-state index in [-0.39, 0.29) is 19.1 Å². The van der Waals surface area contributed by atoms with E-state index in [0.29, 0.717) is 16.5 Å². The van der Waals surface area contributed by atoms with Gasteiger partial charge >= 0.3 is 0 Å². The number of aromatic nitrogens is 2. The zero-order valence-corrected chi connectivity index (χ0v) is 15.4. The van der Waals surface area contributed by atoms with Crippen LogP contribution in [-0.2, 0) is 11.3 Å². The normalized spacial score (nSPS) is 10.3. The third-order valence-electron chi connectivity index (χ3n) is 3.76. The maximum atomic E-state index is 12.0. The van der Waals surface area contributed by atoms with Gasteiger partial charge in [-0.1, -0.05) is 11.6 Å². The molecule has 3 rings (SSSR count). The third-order valence-corrected chi connectivity index (χ3v) is 4.01. The van der Waals surface area contributed by atoms with Gasteiger partial charge < -0.3 is 14.8 Å². The van der Waals surface area contributed by atoms with Gasteiger partial charge in [0.2, 0.25) is 0 Å². The molecule has 1 amide bonds. The standard InChI is InChI=1S/C20H18ClN3O3/c1-26-17-6-2-14(3-7-17)19-10-16(23-13-24-19)11-22-20(25)12-27-18-8-4-15(21)5-9-18/h2-10,13H,11-12H2,1H3,(H,22,25). The summed E-state index contributed by atoms with van der Waals surface area (Å²) in [5.41, 5.74) is 2.42. The molecule has 0 bridgehead atoms. The highest BCUT2D eigenvalue weighted by molar-refractivity contribution is 6.30. The summed E-state index contributed by atoms with van der Waals surface area (Å²) >= 11 is 5.81. The lowest BCUT2D eigenvalue weighted by Crippen LogP contribution is -2.28. The predicted octanol–water partition coefficient (Wildman–Crippen LogP) is 3.50. The fraction of sp³-hybridized carbons (Fsp3) is 0.150. The van der Waals surface area contributed by atoms with E-state index < -0.39 is 0 Å². The smallest absolute Gasteiger partial charge is 0.258 e. The second-order valence-electron chi connectivity index (χ2n) is 5.64. The molecule has 1 N–H and O–H groups in total. The van der Waals surface area contributed by atoms with Crippen molar-refractivity contribution in [2.24, 2.45) is 0 Å². The van der Waals surface area contributed by atoms with Gasteiger partial charge in [-0.25, -0.2) is 9.97 Å². The Kier molecular flexibility index (Phi) is 6.22. The third kappa shape index (κ3) is 5.43. The van der Waals surface area contributed by atoms with E-state index in [0.717, 1.165) is 17.0 Å². The lowest BCUT2D eigenvalue weighted by atomic mass is 10.1. The van der Waals surface area contributed by atoms with Crippen molar-refractivity contribution in [3.63, 3.8) is 0 Å². The van der Waals surface area contributed by atoms with Gasteiger partial charge in [0.15, 0.2) is 6.61 Å². The van der Waals surface area contributed by atoms with Crippen molar-refractivity contribution in [3.8, 4) is 22.8 Å². The molecule has 1 heterocycles. The van der Waals surface area contributed by atoms with E-state index >= 15 is 0 Å². The van der Waals surface area contributed by atoms with E-state index in [1.807, 2.05) is 30.3 Å². The highest BCUT2D eigenvalue weighted by Gasteiger charge is 2.06. The fourth-order valence-electron chi connectivity index (χ4n) is 2.33. The SMILES string of the molecule is COc1ccc(-c2cc(CNC(=O)COc3ccc(Cl)cc3)ncn2)cc1. The molecule has 27 heavy (non-hydrogen) atoms. The molecule has 2 aromatic carbocycles. The topological polar surface area (TPSA) is 73.3 Å². The molecular formula is C20H18ClN3O3. The molecule has 6 nitrogen and oxygen atoms in total. The summed E-state index contributed by atoms with van der Waals surface area (Å²) < 4.78 is 10.6. The van der Waals surface area contributed by atoms with Crippen molar-refractivity contribution < 1.29 is 14.3 Å². The molecule has 0 aliphatic carbocycles. The Morgan fingerprint density at radius 3 is 2.44 bits per heavy atom. The zero-order valence-electron chi connectivity index (χ0n) is 14.7. The first-order chi connectivity index (χ1) is 13.1. The van der Waals surface area contributed by atoms with Gasteiger partial charge in [-0.2, -0.15) is 0 Å². The summed E-state index contributed by atoms with van der Waals surface area (Å²) in [6.45, 7) is 0.201. The number of halogens is 1. The predicted molar refractivity (Wildman–Crippen MR) is 103 cm³/mol. The van der Waals surface area contributed by atoms with Crippen LogP contribution in [0, 0.1) is 0 Å². The molecule has 0 aliphatic heterocycles. The Bertz CT molecular complexity index is 899. The van der Waals surface area contributed by atoms with E-state index in [2.05, 4.69) is 15.3 Å². The number of carbonyl (C=O) groups is 1. The van der Waals surface area contributed by atoms with Crippen LogP contribution in [0.4, 0.5) is 0 Å². The van der Waals surface area contributed by atoms with Crippen molar-refractivity contribution >= 4 is 17.5 Å². The minimum absolute atomic E-state index is 0.0853. The summed E-state index contributed by atoms with van der Waals surface area (Å²) in [6, 6.07) is 16.2. The number of benzene rings is 2. The monoisotopic (exact) mass is 383 g/mol. The number of ether oxygens (including phenoxy) is 2. The number of carbonyl (C=O) groups excluding carboxylic acids is 1. The molecule has 3 aromatic rings. The fourth-order valence-corrected chi connectivity index (χ4v) is 2.46. The molecule has 7 heteroatoms. The number of nitrogens with one attached hydrogen (secondary N) is 1. The van der Waals surface area contributed by atoms with Crippen LogP contribution in [-0.4, -0.2) is 29.6 Å². The van der Waals surface area contributed by atoms with Crippen LogP contribution in [0.5, 0.6) is 11.5 Å². The summed E-state index contributed by atoms with van der Waals surface area (Å²) in [6.07, 6.45) is 1.48. The first-order valence-corrected chi connectivity index (χ1v) is 8.62. The Labute approximate surface area is 162 Å². The van der Waals surface area contributed by atoms with E-state index in [9.17, 15) is 4.79 Å². The quantitative estimate of drug-likeness (QED) is 0.676. The first-order valence-electron chi connectivity index (χ1n) is 8.24. The molecule has 0 unspecified atom stereocenters. The summed E-state index contributed by atoms with van der Waals surface area (Å²) in [4.78, 5) is 20.4. The second kappa shape index (κ2) is 9.00. The Morgan fingerprint density at radius 1 is 1.04 bits per heavy atom. The minimum atomic E-state index is -0.241. The van der Waals surface area contributed by atoms with Crippen LogP contribution in [0.3, 0.4) is 0 Å². The average molecular weight is 384 g/mol. The van der Waals surface area contributed by atoms with Crippen molar-refractivity contribution in [1.82, 2.24) is 15.3 Å². The van der Waals surface area contributed by atoms with Crippen LogP contribution in [0.1, 0.15) is 5.69 Å². The number of hydrogen-bond donors (Lipinski definition) is 1. The lowest BCUT2D eigenvalue weighted by molar-refractivity contribution is -0.123. The summed E-state index contributed by atoms with van der Waals surface area (Å²) in [7, 11) is 1.62. The first kappa shape index (κ1) is 18.7. The van der Waals surface area contributed by atoms with Gasteiger partial charge in [0.05, 0.1) is 25.0 Å². The van der Waals surface area contributed by atoms with E-state index in [1.54, 1.807) is 31.4 Å². The molecule has 0 saturated heterocycles. The molecule has 0 saturated carbocycles. The minimum Gasteiger partial charge on any atom is -0.497 e. The highest BCUT2D eigenvalue weighted by Crippen LogP contribution is 2.20. The second-order valence-corrected chi connectivity index (χ2v) is 6.08. The Balaban J connectivity index is 1.54. The van der Waals surface area contributed by atoms with E-state index in [4.69, 9.17) is 21.1 Å². The molecule has 0 atom stereocenters. The van der Waals surface area contributed by atoms with Gasteiger partial charge in [0.1, 0.15) is 17.8 Å². The van der Waals surface area contributed by atoms with Gasteiger partial charge in [0.25, 0.3) is 5.91 Å². The highest BCUT2D eigenvalue weighted by atomic mass is 35.5.